The van der Waals surface area contributed by atoms with E-state index < -0.39 is 0 Å². The van der Waals surface area contributed by atoms with E-state index in [-0.39, 0.29) is 23.0 Å². The second-order valence-electron chi connectivity index (χ2n) is 8.43. The number of hydrogen-bond acceptors (Lipinski definition) is 6. The predicted molar refractivity (Wildman–Crippen MR) is 150 cm³/mol. The predicted octanol–water partition coefficient (Wildman–Crippen LogP) is 7.38. The lowest BCUT2D eigenvalue weighted by Gasteiger charge is -2.21. The second kappa shape index (κ2) is 10.6. The molecule has 7 heteroatoms. The van der Waals surface area contributed by atoms with Crippen molar-refractivity contribution < 1.29 is 9.47 Å². The van der Waals surface area contributed by atoms with Crippen molar-refractivity contribution in [2.24, 2.45) is 5.10 Å². The molecule has 0 bridgehead atoms. The Bertz CT molecular complexity index is 1330. The Morgan fingerprint density at radius 3 is 2.09 bits per heavy atom. The van der Waals surface area contributed by atoms with Crippen LogP contribution in [0.5, 0.6) is 11.5 Å². The number of benzene rings is 3. The zero-order valence-corrected chi connectivity index (χ0v) is 22.7. The summed E-state index contributed by atoms with van der Waals surface area (Å²) in [7, 11) is 3.37. The van der Waals surface area contributed by atoms with E-state index in [9.17, 15) is 0 Å². The first-order valence-corrected chi connectivity index (χ1v) is 12.1. The molecule has 0 saturated heterocycles. The van der Waals surface area contributed by atoms with Crippen LogP contribution in [0, 0.1) is 13.8 Å². The highest BCUT2D eigenvalue weighted by Crippen LogP contribution is 2.40. The van der Waals surface area contributed by atoms with Gasteiger partial charge in [0.15, 0.2) is 0 Å². The minimum absolute atomic E-state index is 0. The van der Waals surface area contributed by atoms with E-state index in [1.165, 1.54) is 16.7 Å². The number of anilines is 1. The van der Waals surface area contributed by atoms with Gasteiger partial charge >= 0.3 is 0 Å². The highest BCUT2D eigenvalue weighted by atomic mass is 79.9. The van der Waals surface area contributed by atoms with Gasteiger partial charge in [-0.3, -0.25) is 0 Å². The van der Waals surface area contributed by atoms with Crippen LogP contribution in [0.1, 0.15) is 34.7 Å². The molecule has 4 aromatic rings. The summed E-state index contributed by atoms with van der Waals surface area (Å²) in [4.78, 5) is 4.99. The van der Waals surface area contributed by atoms with E-state index in [1.807, 2.05) is 24.3 Å². The van der Waals surface area contributed by atoms with Crippen molar-refractivity contribution in [1.82, 2.24) is 4.98 Å². The molecular formula is C28H28BrN3O2S. The van der Waals surface area contributed by atoms with Crippen molar-refractivity contribution in [1.29, 1.82) is 0 Å². The Morgan fingerprint density at radius 1 is 0.829 bits per heavy atom. The number of aromatic nitrogens is 1. The van der Waals surface area contributed by atoms with Crippen LogP contribution in [0.4, 0.5) is 5.13 Å². The van der Waals surface area contributed by atoms with Crippen LogP contribution in [-0.4, -0.2) is 24.9 Å². The SMILES string of the molecule is Br.COc1ccc(C2=NN(c3nc(-c4ccc(C)c(C)c4)cs3)C(c3ccc(OC)cc3)C2)cc1. The molecule has 1 aromatic heterocycles. The number of halogens is 1. The average Bonchev–Trinajstić information content (AvgIpc) is 3.54. The summed E-state index contributed by atoms with van der Waals surface area (Å²) in [5.74, 6) is 1.68. The fourth-order valence-electron chi connectivity index (χ4n) is 4.13. The Labute approximate surface area is 220 Å². The van der Waals surface area contributed by atoms with Gasteiger partial charge in [0.1, 0.15) is 11.5 Å². The summed E-state index contributed by atoms with van der Waals surface area (Å²) in [6, 6.07) is 22.9. The third kappa shape index (κ3) is 5.11. The first-order chi connectivity index (χ1) is 16.6. The molecule has 1 unspecified atom stereocenters. The van der Waals surface area contributed by atoms with Gasteiger partial charge in [-0.1, -0.05) is 24.3 Å². The van der Waals surface area contributed by atoms with Gasteiger partial charge < -0.3 is 9.47 Å². The van der Waals surface area contributed by atoms with Crippen LogP contribution in [0.15, 0.2) is 77.2 Å². The molecule has 0 N–H and O–H groups in total. The molecule has 2 heterocycles. The number of ether oxygens (including phenoxy) is 2. The fourth-order valence-corrected chi connectivity index (χ4v) is 4.97. The number of nitrogens with zero attached hydrogens (tertiary/aromatic N) is 3. The number of methoxy groups -OCH3 is 2. The summed E-state index contributed by atoms with van der Waals surface area (Å²) >= 11 is 1.62. The molecule has 1 aliphatic rings. The Morgan fingerprint density at radius 2 is 1.46 bits per heavy atom. The van der Waals surface area contributed by atoms with E-state index in [2.05, 4.69) is 66.7 Å². The molecule has 0 aliphatic carbocycles. The van der Waals surface area contributed by atoms with E-state index in [1.54, 1.807) is 25.6 Å². The number of aryl methyl sites for hydroxylation is 2. The summed E-state index contributed by atoms with van der Waals surface area (Å²) in [6.07, 6.45) is 0.789. The van der Waals surface area contributed by atoms with Crippen LogP contribution >= 0.6 is 28.3 Å². The molecule has 0 radical (unpaired) electrons. The van der Waals surface area contributed by atoms with Gasteiger partial charge in [0.25, 0.3) is 0 Å². The smallest absolute Gasteiger partial charge is 0.207 e. The minimum Gasteiger partial charge on any atom is -0.497 e. The monoisotopic (exact) mass is 549 g/mol. The molecule has 5 nitrogen and oxygen atoms in total. The Hall–Kier alpha value is -3.16. The fraction of sp³-hybridized carbons (Fsp3) is 0.214. The van der Waals surface area contributed by atoms with Gasteiger partial charge in [-0.05, 0) is 78.6 Å². The molecule has 180 valence electrons. The van der Waals surface area contributed by atoms with E-state index in [0.717, 1.165) is 45.6 Å². The van der Waals surface area contributed by atoms with E-state index in [0.29, 0.717) is 0 Å². The molecular weight excluding hydrogens is 522 g/mol. The zero-order chi connectivity index (χ0) is 23.7. The summed E-state index contributed by atoms with van der Waals surface area (Å²) in [6.45, 7) is 4.27. The molecule has 0 spiro atoms. The largest absolute Gasteiger partial charge is 0.497 e. The maximum atomic E-state index is 5.36. The second-order valence-corrected chi connectivity index (χ2v) is 9.26. The van der Waals surface area contributed by atoms with Crippen LogP contribution in [0.2, 0.25) is 0 Å². The van der Waals surface area contributed by atoms with Gasteiger partial charge in [0.05, 0.1) is 31.7 Å². The van der Waals surface area contributed by atoms with Gasteiger partial charge in [-0.15, -0.1) is 28.3 Å². The number of hydrazone groups is 1. The Balaban J connectivity index is 0.00000289. The molecule has 1 aliphatic heterocycles. The average molecular weight is 551 g/mol. The third-order valence-corrected chi connectivity index (χ3v) is 7.16. The number of rotatable bonds is 6. The number of hydrogen-bond donors (Lipinski definition) is 0. The van der Waals surface area contributed by atoms with Crippen LogP contribution in [-0.2, 0) is 0 Å². The standard InChI is InChI=1S/C28H27N3O2S.BrH/c1-18-5-6-22(15-19(18)2)26-17-34-28(29-26)31-27(21-9-13-24(33-4)14-10-21)16-25(30-31)20-7-11-23(32-3)12-8-20;/h5-15,17,27H,16H2,1-4H3;1H. The van der Waals surface area contributed by atoms with Crippen molar-refractivity contribution in [3.05, 3.63) is 94.4 Å². The van der Waals surface area contributed by atoms with Crippen molar-refractivity contribution in [3.63, 3.8) is 0 Å². The number of thiazole rings is 1. The van der Waals surface area contributed by atoms with Crippen molar-refractivity contribution in [2.75, 3.05) is 19.2 Å². The zero-order valence-electron chi connectivity index (χ0n) is 20.2. The molecule has 5 rings (SSSR count). The van der Waals surface area contributed by atoms with Crippen molar-refractivity contribution in [2.45, 2.75) is 26.3 Å². The van der Waals surface area contributed by atoms with Gasteiger partial charge in [0.2, 0.25) is 5.13 Å². The van der Waals surface area contributed by atoms with Gasteiger partial charge in [-0.25, -0.2) is 9.99 Å². The molecule has 0 saturated carbocycles. The first kappa shape index (κ1) is 24.9. The third-order valence-electron chi connectivity index (χ3n) is 6.32. The summed E-state index contributed by atoms with van der Waals surface area (Å²) in [5.41, 5.74) is 7.96. The molecule has 0 fully saturated rings. The maximum absolute atomic E-state index is 5.36. The van der Waals surface area contributed by atoms with E-state index >= 15 is 0 Å². The molecule has 35 heavy (non-hydrogen) atoms. The van der Waals surface area contributed by atoms with Crippen LogP contribution < -0.4 is 14.5 Å². The lowest BCUT2D eigenvalue weighted by atomic mass is 9.98. The van der Waals surface area contributed by atoms with Crippen LogP contribution in [0.3, 0.4) is 0 Å². The van der Waals surface area contributed by atoms with Gasteiger partial charge in [0, 0.05) is 17.4 Å². The topological polar surface area (TPSA) is 47.0 Å². The molecule has 0 amide bonds. The quantitative estimate of drug-likeness (QED) is 0.251. The summed E-state index contributed by atoms with van der Waals surface area (Å²) in [5, 5.41) is 10.1. The first-order valence-electron chi connectivity index (χ1n) is 11.2. The van der Waals surface area contributed by atoms with Crippen molar-refractivity contribution >= 4 is 39.2 Å². The van der Waals surface area contributed by atoms with Gasteiger partial charge in [-0.2, -0.15) is 5.10 Å². The maximum Gasteiger partial charge on any atom is 0.207 e. The lowest BCUT2D eigenvalue weighted by molar-refractivity contribution is 0.414. The summed E-state index contributed by atoms with van der Waals surface area (Å²) < 4.78 is 10.7. The minimum atomic E-state index is 0. The Kier molecular flexibility index (Phi) is 7.57. The highest BCUT2D eigenvalue weighted by molar-refractivity contribution is 8.93. The normalized spacial score (nSPS) is 14.9. The highest BCUT2D eigenvalue weighted by Gasteiger charge is 2.32. The molecule has 3 aromatic carbocycles. The lowest BCUT2D eigenvalue weighted by Crippen LogP contribution is -2.18. The van der Waals surface area contributed by atoms with Crippen molar-refractivity contribution in [3.8, 4) is 22.8 Å². The van der Waals surface area contributed by atoms with Crippen LogP contribution in [0.25, 0.3) is 11.3 Å². The van der Waals surface area contributed by atoms with E-state index in [4.69, 9.17) is 19.6 Å². The molecule has 1 atom stereocenters.